The van der Waals surface area contributed by atoms with Crippen molar-refractivity contribution in [2.45, 2.75) is 25.8 Å². The monoisotopic (exact) mass is 329 g/mol. The normalized spacial score (nSPS) is 10.8. The number of carboxylic acid groups (broad SMARTS) is 1. The molecule has 0 aliphatic carbocycles. The highest BCUT2D eigenvalue weighted by Crippen LogP contribution is 2.12. The first-order chi connectivity index (χ1) is 11.2. The van der Waals surface area contributed by atoms with Crippen molar-refractivity contribution in [2.24, 2.45) is 0 Å². The molecule has 0 atom stereocenters. The van der Waals surface area contributed by atoms with Crippen LogP contribution in [0.2, 0.25) is 0 Å². The van der Waals surface area contributed by atoms with E-state index in [9.17, 15) is 4.79 Å². The highest BCUT2D eigenvalue weighted by atomic mass is 16.6. The van der Waals surface area contributed by atoms with Gasteiger partial charge in [-0.2, -0.15) is 0 Å². The lowest BCUT2D eigenvalue weighted by Crippen LogP contribution is -2.12. The van der Waals surface area contributed by atoms with E-state index in [1.54, 1.807) is 7.11 Å². The molecule has 132 valence electrons. The summed E-state index contributed by atoms with van der Waals surface area (Å²) in [6.45, 7) is 4.06. The molecule has 0 spiro atoms. The number of aromatic nitrogens is 1. The van der Waals surface area contributed by atoms with Gasteiger partial charge in [-0.3, -0.25) is 4.79 Å². The third kappa shape index (κ3) is 10.7. The summed E-state index contributed by atoms with van der Waals surface area (Å²) in [6.07, 6.45) is 5.59. The summed E-state index contributed by atoms with van der Waals surface area (Å²) in [4.78, 5) is 10.4. The molecule has 1 aromatic heterocycles. The van der Waals surface area contributed by atoms with Crippen molar-refractivity contribution < 1.29 is 28.8 Å². The lowest BCUT2D eigenvalue weighted by atomic mass is 10.2. The van der Waals surface area contributed by atoms with Gasteiger partial charge in [0.25, 0.3) is 0 Å². The number of methoxy groups -OCH3 is 1. The van der Waals surface area contributed by atoms with E-state index in [-0.39, 0.29) is 6.42 Å². The summed E-state index contributed by atoms with van der Waals surface area (Å²) in [6, 6.07) is 1.89. The van der Waals surface area contributed by atoms with Gasteiger partial charge >= 0.3 is 5.97 Å². The molecule has 1 heterocycles. The van der Waals surface area contributed by atoms with Crippen LogP contribution in [0.25, 0.3) is 0 Å². The molecule has 0 aliphatic rings. The number of aryl methyl sites for hydroxylation is 1. The van der Waals surface area contributed by atoms with Crippen LogP contribution in [0.5, 0.6) is 5.75 Å². The molecule has 0 unspecified atom stereocenters. The van der Waals surface area contributed by atoms with Crippen LogP contribution in [-0.2, 0) is 25.5 Å². The summed E-state index contributed by atoms with van der Waals surface area (Å²) in [5.74, 6) is 0.0498. The number of carbonyl (C=O) groups is 1. The standard InChI is InChI=1S/C16H27NO6/c1-20-8-9-21-10-11-22-12-13-23-15-5-7-17(14-15)6-3-2-4-16(18)19/h5,7,14H,2-4,6,8-13H2,1H3,(H,18,19). The van der Waals surface area contributed by atoms with Gasteiger partial charge in [0.1, 0.15) is 12.4 Å². The van der Waals surface area contributed by atoms with Gasteiger partial charge in [0.2, 0.25) is 0 Å². The molecule has 0 saturated carbocycles. The molecule has 0 saturated heterocycles. The van der Waals surface area contributed by atoms with E-state index in [4.69, 9.17) is 24.1 Å². The molecule has 1 aromatic rings. The quantitative estimate of drug-likeness (QED) is 0.494. The summed E-state index contributed by atoms with van der Waals surface area (Å²) in [5, 5.41) is 8.58. The van der Waals surface area contributed by atoms with Crippen LogP contribution >= 0.6 is 0 Å². The van der Waals surface area contributed by atoms with E-state index in [0.29, 0.717) is 46.1 Å². The number of hydrogen-bond donors (Lipinski definition) is 1. The first-order valence-corrected chi connectivity index (χ1v) is 7.87. The molecule has 0 radical (unpaired) electrons. The van der Waals surface area contributed by atoms with Gasteiger partial charge in [0.15, 0.2) is 0 Å². The SMILES string of the molecule is COCCOCCOCCOc1ccn(CCCCC(=O)O)c1. The highest BCUT2D eigenvalue weighted by Gasteiger charge is 2.00. The second-order valence-electron chi connectivity index (χ2n) is 5.00. The summed E-state index contributed by atoms with van der Waals surface area (Å²) in [5.41, 5.74) is 0. The maximum Gasteiger partial charge on any atom is 0.303 e. The Morgan fingerprint density at radius 1 is 1.09 bits per heavy atom. The molecule has 1 rings (SSSR count). The van der Waals surface area contributed by atoms with Crippen LogP contribution in [0.3, 0.4) is 0 Å². The Morgan fingerprint density at radius 3 is 2.48 bits per heavy atom. The number of rotatable bonds is 15. The lowest BCUT2D eigenvalue weighted by Gasteiger charge is -2.06. The van der Waals surface area contributed by atoms with E-state index < -0.39 is 5.97 Å². The van der Waals surface area contributed by atoms with Crippen molar-refractivity contribution in [2.75, 3.05) is 46.8 Å². The van der Waals surface area contributed by atoms with Crippen molar-refractivity contribution in [1.82, 2.24) is 4.57 Å². The molecule has 7 heteroatoms. The number of unbranched alkanes of at least 4 members (excludes halogenated alkanes) is 1. The minimum atomic E-state index is -0.745. The summed E-state index contributed by atoms with van der Waals surface area (Å²) in [7, 11) is 1.64. The topological polar surface area (TPSA) is 79.2 Å². The van der Waals surface area contributed by atoms with Gasteiger partial charge in [0, 0.05) is 32.5 Å². The zero-order valence-corrected chi connectivity index (χ0v) is 13.7. The van der Waals surface area contributed by atoms with Gasteiger partial charge in [-0.25, -0.2) is 0 Å². The molecule has 1 N–H and O–H groups in total. The maximum absolute atomic E-state index is 10.4. The van der Waals surface area contributed by atoms with Gasteiger partial charge in [-0.15, -0.1) is 0 Å². The fourth-order valence-electron chi connectivity index (χ4n) is 1.90. The van der Waals surface area contributed by atoms with E-state index in [0.717, 1.165) is 18.7 Å². The van der Waals surface area contributed by atoms with Crippen LogP contribution in [0.1, 0.15) is 19.3 Å². The maximum atomic E-state index is 10.4. The molecule has 0 aliphatic heterocycles. The third-order valence-electron chi connectivity index (χ3n) is 3.08. The zero-order chi connectivity index (χ0) is 16.8. The number of ether oxygens (including phenoxy) is 4. The van der Waals surface area contributed by atoms with Gasteiger partial charge in [-0.1, -0.05) is 0 Å². The van der Waals surface area contributed by atoms with Crippen LogP contribution in [0.15, 0.2) is 18.5 Å². The molecule has 23 heavy (non-hydrogen) atoms. The van der Waals surface area contributed by atoms with Gasteiger partial charge in [0.05, 0.1) is 33.0 Å². The Hall–Kier alpha value is -1.57. The second-order valence-corrected chi connectivity index (χ2v) is 5.00. The van der Waals surface area contributed by atoms with Crippen LogP contribution in [-0.4, -0.2) is 62.4 Å². The van der Waals surface area contributed by atoms with Crippen molar-refractivity contribution in [3.8, 4) is 5.75 Å². The lowest BCUT2D eigenvalue weighted by molar-refractivity contribution is -0.137. The van der Waals surface area contributed by atoms with Gasteiger partial charge in [-0.05, 0) is 18.9 Å². The van der Waals surface area contributed by atoms with E-state index in [2.05, 4.69) is 0 Å². The average Bonchev–Trinajstić information content (AvgIpc) is 2.97. The van der Waals surface area contributed by atoms with E-state index >= 15 is 0 Å². The summed E-state index contributed by atoms with van der Waals surface area (Å²) >= 11 is 0. The van der Waals surface area contributed by atoms with Crippen molar-refractivity contribution in [1.29, 1.82) is 0 Å². The number of aliphatic carboxylic acids is 1. The van der Waals surface area contributed by atoms with E-state index in [1.807, 2.05) is 23.0 Å². The number of carboxylic acids is 1. The zero-order valence-electron chi connectivity index (χ0n) is 13.7. The predicted molar refractivity (Wildman–Crippen MR) is 84.9 cm³/mol. The first kappa shape index (κ1) is 19.5. The van der Waals surface area contributed by atoms with Crippen molar-refractivity contribution in [3.05, 3.63) is 18.5 Å². The predicted octanol–water partition coefficient (Wildman–Crippen LogP) is 1.80. The molecular weight excluding hydrogens is 302 g/mol. The smallest absolute Gasteiger partial charge is 0.303 e. The molecule has 0 fully saturated rings. The first-order valence-electron chi connectivity index (χ1n) is 7.87. The molecule has 0 bridgehead atoms. The molecular formula is C16H27NO6. The Balaban J connectivity index is 1.98. The van der Waals surface area contributed by atoms with E-state index in [1.165, 1.54) is 0 Å². The minimum Gasteiger partial charge on any atom is -0.490 e. The minimum absolute atomic E-state index is 0.219. The third-order valence-corrected chi connectivity index (χ3v) is 3.08. The molecule has 0 aromatic carbocycles. The van der Waals surface area contributed by atoms with Gasteiger partial charge < -0.3 is 28.6 Å². The molecule has 7 nitrogen and oxygen atoms in total. The summed E-state index contributed by atoms with van der Waals surface area (Å²) < 4.78 is 23.1. The van der Waals surface area contributed by atoms with Crippen molar-refractivity contribution >= 4 is 5.97 Å². The fraction of sp³-hybridized carbons (Fsp3) is 0.688. The second kappa shape index (κ2) is 12.9. The number of nitrogens with zero attached hydrogens (tertiary/aromatic N) is 1. The molecule has 0 amide bonds. The Bertz CT molecular complexity index is 420. The van der Waals surface area contributed by atoms with Crippen LogP contribution in [0, 0.1) is 0 Å². The highest BCUT2D eigenvalue weighted by molar-refractivity contribution is 5.66. The Labute approximate surface area is 137 Å². The van der Waals surface area contributed by atoms with Crippen LogP contribution < -0.4 is 4.74 Å². The van der Waals surface area contributed by atoms with Crippen molar-refractivity contribution in [3.63, 3.8) is 0 Å². The Morgan fingerprint density at radius 2 is 1.78 bits per heavy atom. The van der Waals surface area contributed by atoms with Crippen LogP contribution in [0.4, 0.5) is 0 Å². The average molecular weight is 329 g/mol. The Kier molecular flexibility index (Phi) is 10.9. The number of hydrogen-bond acceptors (Lipinski definition) is 5. The fourth-order valence-corrected chi connectivity index (χ4v) is 1.90. The largest absolute Gasteiger partial charge is 0.490 e.